The Morgan fingerprint density at radius 3 is 2.50 bits per heavy atom. The van der Waals surface area contributed by atoms with E-state index in [0.29, 0.717) is 23.3 Å². The van der Waals surface area contributed by atoms with Crippen molar-refractivity contribution in [1.82, 2.24) is 0 Å². The molecule has 3 aromatic rings. The summed E-state index contributed by atoms with van der Waals surface area (Å²) in [5.41, 5.74) is 2.28. The number of aliphatic hydroxyl groups excluding tert-OH is 1. The van der Waals surface area contributed by atoms with Crippen molar-refractivity contribution in [3.05, 3.63) is 56.8 Å². The number of aliphatic hydroxyl groups is 1. The Morgan fingerprint density at radius 1 is 1.14 bits per heavy atom. The van der Waals surface area contributed by atoms with Crippen molar-refractivity contribution in [2.75, 3.05) is 7.11 Å². The first-order valence-electron chi connectivity index (χ1n) is 12.1. The van der Waals surface area contributed by atoms with Gasteiger partial charge in [-0.25, -0.2) is 0 Å². The van der Waals surface area contributed by atoms with E-state index in [4.69, 9.17) is 13.9 Å². The molecule has 7 heteroatoms. The van der Waals surface area contributed by atoms with Crippen LogP contribution in [0, 0.1) is 0 Å². The van der Waals surface area contributed by atoms with E-state index in [2.05, 4.69) is 19.9 Å². The highest BCUT2D eigenvalue weighted by Gasteiger charge is 2.38. The molecule has 1 aliphatic rings. The lowest BCUT2D eigenvalue weighted by Crippen LogP contribution is -2.46. The van der Waals surface area contributed by atoms with Crippen molar-refractivity contribution >= 4 is 21.9 Å². The van der Waals surface area contributed by atoms with Gasteiger partial charge in [0.1, 0.15) is 33.7 Å². The Morgan fingerprint density at radius 2 is 1.83 bits per heavy atom. The van der Waals surface area contributed by atoms with Gasteiger partial charge >= 0.3 is 0 Å². The molecule has 0 radical (unpaired) electrons. The number of ether oxygens (including phenoxy) is 2. The minimum Gasteiger partial charge on any atom is -0.507 e. The van der Waals surface area contributed by atoms with Gasteiger partial charge in [-0.1, -0.05) is 23.3 Å². The molecule has 1 atom stereocenters. The SMILES string of the molecule is COc1c(O)cc2oc3cc4c(c(O)c3c(=O)c2c1CC=C(C)CCC=C(C)C)CC(O)C(C)(C)O4. The van der Waals surface area contributed by atoms with Gasteiger partial charge in [0.2, 0.25) is 5.43 Å². The summed E-state index contributed by atoms with van der Waals surface area (Å²) in [6.07, 6.45) is 5.60. The molecule has 0 aliphatic carbocycles. The lowest BCUT2D eigenvalue weighted by molar-refractivity contribution is -0.0415. The van der Waals surface area contributed by atoms with Crippen LogP contribution >= 0.6 is 0 Å². The molecule has 4 rings (SSSR count). The second-order valence-corrected chi connectivity index (χ2v) is 10.3. The Kier molecular flexibility index (Phi) is 6.80. The maximum absolute atomic E-state index is 13.8. The number of methoxy groups -OCH3 is 1. The largest absolute Gasteiger partial charge is 0.507 e. The smallest absolute Gasteiger partial charge is 0.204 e. The average Bonchev–Trinajstić information content (AvgIpc) is 2.78. The molecule has 1 aromatic heterocycles. The van der Waals surface area contributed by atoms with Crippen LogP contribution in [0.1, 0.15) is 58.6 Å². The number of allylic oxidation sites excluding steroid dienone is 4. The van der Waals surface area contributed by atoms with Crippen LogP contribution in [0.4, 0.5) is 0 Å². The monoisotopic (exact) mass is 494 g/mol. The Labute approximate surface area is 210 Å². The van der Waals surface area contributed by atoms with Gasteiger partial charge in [0.25, 0.3) is 0 Å². The van der Waals surface area contributed by atoms with Gasteiger partial charge in [-0.15, -0.1) is 0 Å². The van der Waals surface area contributed by atoms with Crippen LogP contribution < -0.4 is 14.9 Å². The third-order valence-corrected chi connectivity index (χ3v) is 6.85. The van der Waals surface area contributed by atoms with Gasteiger partial charge in [0.15, 0.2) is 11.5 Å². The molecule has 1 aliphatic heterocycles. The van der Waals surface area contributed by atoms with E-state index < -0.39 is 17.1 Å². The van der Waals surface area contributed by atoms with Gasteiger partial charge in [-0.05, 0) is 53.9 Å². The number of phenolic OH excluding ortho intramolecular Hbond substituents is 2. The molecule has 0 saturated carbocycles. The number of phenols is 2. The highest BCUT2D eigenvalue weighted by molar-refractivity contribution is 5.97. The average molecular weight is 495 g/mol. The zero-order chi connectivity index (χ0) is 26.4. The first-order chi connectivity index (χ1) is 16.9. The second kappa shape index (κ2) is 9.54. The van der Waals surface area contributed by atoms with Crippen molar-refractivity contribution in [2.24, 2.45) is 0 Å². The van der Waals surface area contributed by atoms with E-state index in [1.807, 2.05) is 13.0 Å². The van der Waals surface area contributed by atoms with Gasteiger partial charge in [-0.3, -0.25) is 4.79 Å². The zero-order valence-corrected chi connectivity index (χ0v) is 21.7. The summed E-state index contributed by atoms with van der Waals surface area (Å²) in [7, 11) is 1.44. The molecule has 0 saturated heterocycles. The molecule has 0 fully saturated rings. The number of fused-ring (bicyclic) bond motifs is 3. The highest BCUT2D eigenvalue weighted by Crippen LogP contribution is 2.44. The lowest BCUT2D eigenvalue weighted by atomic mass is 9.89. The number of hydrogen-bond acceptors (Lipinski definition) is 7. The Bertz CT molecular complexity index is 1450. The van der Waals surface area contributed by atoms with Gasteiger partial charge in [0, 0.05) is 29.7 Å². The van der Waals surface area contributed by atoms with Crippen LogP contribution in [0.15, 0.2) is 44.6 Å². The predicted octanol–water partition coefficient (Wildman–Crippen LogP) is 5.68. The van der Waals surface area contributed by atoms with Crippen molar-refractivity contribution in [1.29, 1.82) is 0 Å². The van der Waals surface area contributed by atoms with Gasteiger partial charge in [0.05, 0.1) is 18.6 Å². The molecule has 1 unspecified atom stereocenters. The van der Waals surface area contributed by atoms with E-state index in [-0.39, 0.29) is 45.6 Å². The van der Waals surface area contributed by atoms with Crippen molar-refractivity contribution in [2.45, 2.75) is 72.0 Å². The molecule has 36 heavy (non-hydrogen) atoms. The summed E-state index contributed by atoms with van der Waals surface area (Å²) in [6, 6.07) is 2.92. The lowest BCUT2D eigenvalue weighted by Gasteiger charge is -2.37. The number of hydrogen-bond donors (Lipinski definition) is 3. The summed E-state index contributed by atoms with van der Waals surface area (Å²) in [5, 5.41) is 32.5. The van der Waals surface area contributed by atoms with E-state index in [1.165, 1.54) is 18.7 Å². The number of aromatic hydroxyl groups is 2. The van der Waals surface area contributed by atoms with E-state index >= 15 is 0 Å². The fourth-order valence-electron chi connectivity index (χ4n) is 4.68. The fraction of sp³-hybridized carbons (Fsp3) is 0.414. The molecule has 0 amide bonds. The van der Waals surface area contributed by atoms with E-state index in [1.54, 1.807) is 19.9 Å². The maximum Gasteiger partial charge on any atom is 0.204 e. The number of benzene rings is 2. The summed E-state index contributed by atoms with van der Waals surface area (Å²) in [4.78, 5) is 13.8. The van der Waals surface area contributed by atoms with Crippen LogP contribution in [0.3, 0.4) is 0 Å². The van der Waals surface area contributed by atoms with Crippen LogP contribution in [0.5, 0.6) is 23.0 Å². The second-order valence-electron chi connectivity index (χ2n) is 10.3. The summed E-state index contributed by atoms with van der Waals surface area (Å²) < 4.78 is 17.4. The van der Waals surface area contributed by atoms with Gasteiger partial charge < -0.3 is 29.2 Å². The van der Waals surface area contributed by atoms with Crippen LogP contribution in [0.25, 0.3) is 21.9 Å². The van der Waals surface area contributed by atoms with Crippen molar-refractivity contribution < 1.29 is 29.2 Å². The third kappa shape index (κ3) is 4.55. The van der Waals surface area contributed by atoms with Crippen molar-refractivity contribution in [3.63, 3.8) is 0 Å². The molecule has 2 aromatic carbocycles. The summed E-state index contributed by atoms with van der Waals surface area (Å²) >= 11 is 0. The van der Waals surface area contributed by atoms with Crippen LogP contribution in [-0.2, 0) is 12.8 Å². The molecule has 192 valence electrons. The molecule has 7 nitrogen and oxygen atoms in total. The van der Waals surface area contributed by atoms with Crippen LogP contribution in [0.2, 0.25) is 0 Å². The zero-order valence-electron chi connectivity index (χ0n) is 21.7. The van der Waals surface area contributed by atoms with E-state index in [0.717, 1.165) is 18.4 Å². The first-order valence-corrected chi connectivity index (χ1v) is 12.1. The summed E-state index contributed by atoms with van der Waals surface area (Å²) in [6.45, 7) is 9.66. The molecular weight excluding hydrogens is 460 g/mol. The minimum absolute atomic E-state index is 0.00927. The van der Waals surface area contributed by atoms with E-state index in [9.17, 15) is 20.1 Å². The standard InChI is InChI=1S/C29H34O7/c1-15(2)8-7-9-16(3)10-11-17-24-21(13-19(30)28(17)34-6)35-22-14-20-18(26(32)25(22)27(24)33)12-23(31)29(4,5)36-20/h8,10,13-14,23,30-32H,7,9,11-12H2,1-6H3. The van der Waals surface area contributed by atoms with Gasteiger partial charge in [-0.2, -0.15) is 0 Å². The molecule has 3 N–H and O–H groups in total. The topological polar surface area (TPSA) is 109 Å². The highest BCUT2D eigenvalue weighted by atomic mass is 16.5. The molecule has 2 heterocycles. The quantitative estimate of drug-likeness (QED) is 0.299. The van der Waals surface area contributed by atoms with Crippen LogP contribution in [-0.4, -0.2) is 34.1 Å². The van der Waals surface area contributed by atoms with Crippen molar-refractivity contribution in [3.8, 4) is 23.0 Å². The Balaban J connectivity index is 1.91. The molecular formula is C29H34O7. The number of rotatable bonds is 6. The Hall–Kier alpha value is -3.45. The first kappa shape index (κ1) is 25.6. The maximum atomic E-state index is 13.8. The minimum atomic E-state index is -0.862. The third-order valence-electron chi connectivity index (χ3n) is 6.85. The summed E-state index contributed by atoms with van der Waals surface area (Å²) in [5.74, 6) is 0.144. The normalized spacial score (nSPS) is 17.1. The fourth-order valence-corrected chi connectivity index (χ4v) is 4.68. The predicted molar refractivity (Wildman–Crippen MR) is 140 cm³/mol. The molecule has 0 spiro atoms. The molecule has 0 bridgehead atoms.